The predicted octanol–water partition coefficient (Wildman–Crippen LogP) is 3.08. The Morgan fingerprint density at radius 2 is 1.79 bits per heavy atom. The maximum absolute atomic E-state index is 12.3. The highest BCUT2D eigenvalue weighted by molar-refractivity contribution is 7.76. The smallest absolute Gasteiger partial charge is 0.250 e. The Labute approximate surface area is 201 Å². The second kappa shape index (κ2) is 9.97. The average molecular weight is 483 g/mol. The van der Waals surface area contributed by atoms with Gasteiger partial charge in [0.25, 0.3) is 5.91 Å². The predicted molar refractivity (Wildman–Crippen MR) is 133 cm³/mol. The van der Waals surface area contributed by atoms with Crippen molar-refractivity contribution >= 4 is 28.1 Å². The molecule has 1 aromatic heterocycles. The Balaban J connectivity index is 1.44. The second-order valence-corrected chi connectivity index (χ2v) is 10.1. The summed E-state index contributed by atoms with van der Waals surface area (Å²) in [5, 5.41) is 0.993. The van der Waals surface area contributed by atoms with Crippen LogP contribution in [-0.4, -0.2) is 68.3 Å². The monoisotopic (exact) mass is 482 g/mol. The number of ether oxygens (including phenoxy) is 1. The van der Waals surface area contributed by atoms with Crippen LogP contribution in [0.5, 0.6) is 0 Å². The van der Waals surface area contributed by atoms with Gasteiger partial charge in [-0.2, -0.15) is 0 Å². The fourth-order valence-electron chi connectivity index (χ4n) is 5.09. The van der Waals surface area contributed by atoms with Crippen LogP contribution in [0.3, 0.4) is 0 Å². The van der Waals surface area contributed by atoms with Crippen molar-refractivity contribution in [2.45, 2.75) is 25.3 Å². The largest absolute Gasteiger partial charge is 0.379 e. The summed E-state index contributed by atoms with van der Waals surface area (Å²) in [5.41, 5.74) is 11.3. The molecular formula is C25H30N4O4S. The molecule has 0 radical (unpaired) electrons. The van der Waals surface area contributed by atoms with Gasteiger partial charge >= 0.3 is 0 Å². The van der Waals surface area contributed by atoms with E-state index in [1.165, 1.54) is 5.56 Å². The van der Waals surface area contributed by atoms with E-state index in [1.54, 1.807) is 4.31 Å². The van der Waals surface area contributed by atoms with Crippen LogP contribution in [-0.2, 0) is 22.5 Å². The maximum Gasteiger partial charge on any atom is 0.250 e. The van der Waals surface area contributed by atoms with Crippen molar-refractivity contribution < 1.29 is 18.3 Å². The van der Waals surface area contributed by atoms with Crippen molar-refractivity contribution in [3.05, 3.63) is 59.3 Å². The van der Waals surface area contributed by atoms with Gasteiger partial charge in [-0.25, -0.2) is 8.51 Å². The summed E-state index contributed by atoms with van der Waals surface area (Å²) in [6, 6.07) is 12.5. The third kappa shape index (κ3) is 4.80. The number of amides is 1. The van der Waals surface area contributed by atoms with E-state index in [-0.39, 0.29) is 5.92 Å². The number of aromatic amines is 1. The number of nitrogens with zero attached hydrogens (tertiary/aromatic N) is 2. The summed E-state index contributed by atoms with van der Waals surface area (Å²) < 4.78 is 27.8. The van der Waals surface area contributed by atoms with Crippen molar-refractivity contribution in [3.63, 3.8) is 0 Å². The molecular weight excluding hydrogens is 452 g/mol. The number of H-pyrrole nitrogens is 1. The van der Waals surface area contributed by atoms with E-state index in [4.69, 9.17) is 10.5 Å². The molecule has 4 N–H and O–H groups in total. The first-order chi connectivity index (χ1) is 16.5. The second-order valence-electron chi connectivity index (χ2n) is 9.07. The van der Waals surface area contributed by atoms with E-state index in [1.807, 2.05) is 12.3 Å². The molecule has 2 saturated heterocycles. The summed E-state index contributed by atoms with van der Waals surface area (Å²) in [6.45, 7) is 5.48. The number of nitrogens with two attached hydrogens (primary N) is 1. The van der Waals surface area contributed by atoms with Crippen LogP contribution in [0.15, 0.2) is 42.6 Å². The molecule has 9 heteroatoms. The van der Waals surface area contributed by atoms with Crippen LogP contribution in [0.4, 0.5) is 0 Å². The quantitative estimate of drug-likeness (QED) is 0.468. The minimum absolute atomic E-state index is 0.250. The highest BCUT2D eigenvalue weighted by Crippen LogP contribution is 2.37. The Hall–Kier alpha value is -2.56. The number of morpholine rings is 1. The van der Waals surface area contributed by atoms with Crippen LogP contribution >= 0.6 is 0 Å². The van der Waals surface area contributed by atoms with Gasteiger partial charge in [-0.05, 0) is 53.1 Å². The molecule has 1 amide bonds. The van der Waals surface area contributed by atoms with Crippen molar-refractivity contribution in [1.29, 1.82) is 0 Å². The standard InChI is InChI=1S/C25H30N4O4S/c26-25(30)22-14-20(18-3-1-17(2-4-18)16-28-9-11-33-12-10-28)13-21-23(15-27-24(21)22)19-5-7-29(8-6-19)34(31)32/h1-4,13-15,19,27H,5-12,16H2,(H2,26,30)(H,31,32). The molecule has 2 aromatic carbocycles. The van der Waals surface area contributed by atoms with E-state index in [0.29, 0.717) is 18.7 Å². The molecule has 34 heavy (non-hydrogen) atoms. The third-order valence-corrected chi connectivity index (χ3v) is 7.81. The summed E-state index contributed by atoms with van der Waals surface area (Å²) in [6.07, 6.45) is 3.53. The van der Waals surface area contributed by atoms with E-state index in [0.717, 1.165) is 73.3 Å². The molecule has 3 aromatic rings. The molecule has 2 fully saturated rings. The van der Waals surface area contributed by atoms with Gasteiger partial charge in [0.2, 0.25) is 11.3 Å². The number of nitrogens with one attached hydrogen (secondary N) is 1. The summed E-state index contributed by atoms with van der Waals surface area (Å²) in [5.74, 6) is -0.213. The number of piperidine rings is 1. The van der Waals surface area contributed by atoms with Crippen molar-refractivity contribution in [1.82, 2.24) is 14.2 Å². The first kappa shape index (κ1) is 23.2. The summed E-state index contributed by atoms with van der Waals surface area (Å²) >= 11 is -1.93. The minimum atomic E-state index is -1.93. The van der Waals surface area contributed by atoms with Gasteiger partial charge in [0, 0.05) is 44.3 Å². The number of primary amides is 1. The Morgan fingerprint density at radius 1 is 1.09 bits per heavy atom. The zero-order valence-electron chi connectivity index (χ0n) is 19.0. The molecule has 5 rings (SSSR count). The van der Waals surface area contributed by atoms with Crippen molar-refractivity contribution in [2.75, 3.05) is 39.4 Å². The number of aromatic nitrogens is 1. The first-order valence-corrected chi connectivity index (χ1v) is 12.8. The van der Waals surface area contributed by atoms with Gasteiger partial charge < -0.3 is 15.5 Å². The van der Waals surface area contributed by atoms with Crippen molar-refractivity contribution in [3.8, 4) is 11.1 Å². The molecule has 0 saturated carbocycles. The zero-order valence-corrected chi connectivity index (χ0v) is 19.9. The normalized spacial score (nSPS) is 19.4. The van der Waals surface area contributed by atoms with Crippen LogP contribution in [0.1, 0.15) is 40.2 Å². The number of carbonyl (C=O) groups is 1. The van der Waals surface area contributed by atoms with E-state index >= 15 is 0 Å². The van der Waals surface area contributed by atoms with Gasteiger partial charge in [-0.3, -0.25) is 14.2 Å². The molecule has 180 valence electrons. The highest BCUT2D eigenvalue weighted by Gasteiger charge is 2.26. The molecule has 0 bridgehead atoms. The Bertz CT molecular complexity index is 1200. The molecule has 8 nitrogen and oxygen atoms in total. The van der Waals surface area contributed by atoms with E-state index in [9.17, 15) is 13.6 Å². The first-order valence-electron chi connectivity index (χ1n) is 11.7. The SMILES string of the molecule is NC(=O)c1cc(-c2ccc(CN3CCOCC3)cc2)cc2c(C3CCN(S(=O)O)CC3)c[nH]c12. The zero-order chi connectivity index (χ0) is 23.7. The minimum Gasteiger partial charge on any atom is -0.379 e. The van der Waals surface area contributed by atoms with Gasteiger partial charge in [0.1, 0.15) is 0 Å². The molecule has 2 aliphatic heterocycles. The maximum atomic E-state index is 12.3. The van der Waals surface area contributed by atoms with E-state index < -0.39 is 17.2 Å². The fraction of sp³-hybridized carbons (Fsp3) is 0.400. The summed E-state index contributed by atoms with van der Waals surface area (Å²) in [4.78, 5) is 17.9. The fourth-order valence-corrected chi connectivity index (χ4v) is 5.62. The van der Waals surface area contributed by atoms with Gasteiger partial charge in [0.05, 0.1) is 24.3 Å². The topological polar surface area (TPSA) is 112 Å². The van der Waals surface area contributed by atoms with Gasteiger partial charge in [-0.15, -0.1) is 0 Å². The van der Waals surface area contributed by atoms with Crippen LogP contribution < -0.4 is 5.73 Å². The molecule has 1 unspecified atom stereocenters. The number of benzene rings is 2. The lowest BCUT2D eigenvalue weighted by atomic mass is 9.88. The van der Waals surface area contributed by atoms with Crippen LogP contribution in [0.25, 0.3) is 22.0 Å². The average Bonchev–Trinajstić information content (AvgIpc) is 3.28. The third-order valence-electron chi connectivity index (χ3n) is 7.00. The van der Waals surface area contributed by atoms with Gasteiger partial charge in [0.15, 0.2) is 0 Å². The lowest BCUT2D eigenvalue weighted by Crippen LogP contribution is -2.35. The highest BCUT2D eigenvalue weighted by atomic mass is 32.2. The number of carbonyl (C=O) groups excluding carboxylic acids is 1. The lowest BCUT2D eigenvalue weighted by molar-refractivity contribution is 0.0342. The number of fused-ring (bicyclic) bond motifs is 1. The Morgan fingerprint density at radius 3 is 2.44 bits per heavy atom. The lowest BCUT2D eigenvalue weighted by Gasteiger charge is -2.28. The number of hydrogen-bond donors (Lipinski definition) is 3. The molecule has 2 aliphatic rings. The number of hydrogen-bond acceptors (Lipinski definition) is 4. The number of rotatable bonds is 6. The van der Waals surface area contributed by atoms with E-state index in [2.05, 4.69) is 40.2 Å². The van der Waals surface area contributed by atoms with Crippen LogP contribution in [0, 0.1) is 0 Å². The van der Waals surface area contributed by atoms with Gasteiger partial charge in [-0.1, -0.05) is 24.3 Å². The summed E-state index contributed by atoms with van der Waals surface area (Å²) in [7, 11) is 0. The van der Waals surface area contributed by atoms with Crippen molar-refractivity contribution in [2.24, 2.45) is 5.73 Å². The Kier molecular flexibility index (Phi) is 6.80. The molecule has 0 aliphatic carbocycles. The van der Waals surface area contributed by atoms with Crippen LogP contribution in [0.2, 0.25) is 0 Å². The molecule has 3 heterocycles. The molecule has 0 spiro atoms. The molecule has 1 atom stereocenters.